The maximum Gasteiger partial charge on any atom is 0.316 e. The van der Waals surface area contributed by atoms with Crippen molar-refractivity contribution in [3.63, 3.8) is 0 Å². The molecule has 2 amide bonds. The van der Waals surface area contributed by atoms with Crippen molar-refractivity contribution in [2.75, 3.05) is 5.32 Å². The molecule has 1 rings (SSSR count). The maximum atomic E-state index is 13.3. The van der Waals surface area contributed by atoms with E-state index < -0.39 is 11.8 Å². The Morgan fingerprint density at radius 3 is 2.57 bits per heavy atom. The molecule has 0 atom stereocenters. The standard InChI is InChI=1S/C10H13FN2O/c1-6(2)7-3-4-9(8(11)5-7)13-10(12)14/h3-6H,1-2H3,(H3,12,13,14). The highest BCUT2D eigenvalue weighted by Crippen LogP contribution is 2.20. The van der Waals surface area contributed by atoms with E-state index in [0.717, 1.165) is 5.56 Å². The van der Waals surface area contributed by atoms with Crippen molar-refractivity contribution in [2.45, 2.75) is 19.8 Å². The van der Waals surface area contributed by atoms with E-state index in [1.54, 1.807) is 6.07 Å². The van der Waals surface area contributed by atoms with Crippen molar-refractivity contribution >= 4 is 11.7 Å². The average molecular weight is 196 g/mol. The molecule has 0 spiro atoms. The number of hydrogen-bond donors (Lipinski definition) is 2. The molecule has 0 fully saturated rings. The molecule has 0 saturated carbocycles. The minimum absolute atomic E-state index is 0.113. The zero-order valence-corrected chi connectivity index (χ0v) is 8.17. The summed E-state index contributed by atoms with van der Waals surface area (Å²) in [5.41, 5.74) is 5.87. The molecule has 0 radical (unpaired) electrons. The lowest BCUT2D eigenvalue weighted by molar-refractivity contribution is 0.259. The van der Waals surface area contributed by atoms with E-state index in [9.17, 15) is 9.18 Å². The average Bonchev–Trinajstić information content (AvgIpc) is 2.07. The third-order valence-electron chi connectivity index (χ3n) is 1.92. The van der Waals surface area contributed by atoms with Gasteiger partial charge in [-0.2, -0.15) is 0 Å². The lowest BCUT2D eigenvalue weighted by Gasteiger charge is -2.08. The summed E-state index contributed by atoms with van der Waals surface area (Å²) in [6.07, 6.45) is 0. The van der Waals surface area contributed by atoms with Crippen LogP contribution in [0.1, 0.15) is 25.3 Å². The van der Waals surface area contributed by atoms with Gasteiger partial charge in [-0.05, 0) is 23.6 Å². The van der Waals surface area contributed by atoms with Crippen molar-refractivity contribution in [3.05, 3.63) is 29.6 Å². The third-order valence-corrected chi connectivity index (χ3v) is 1.92. The lowest BCUT2D eigenvalue weighted by Crippen LogP contribution is -2.20. The summed E-state index contributed by atoms with van der Waals surface area (Å²) in [6, 6.07) is 3.91. The van der Waals surface area contributed by atoms with Crippen LogP contribution in [-0.2, 0) is 0 Å². The molecule has 0 bridgehead atoms. The van der Waals surface area contributed by atoms with Crippen molar-refractivity contribution in [2.24, 2.45) is 5.73 Å². The monoisotopic (exact) mass is 196 g/mol. The summed E-state index contributed by atoms with van der Waals surface area (Å²) >= 11 is 0. The summed E-state index contributed by atoms with van der Waals surface area (Å²) in [6.45, 7) is 3.94. The number of carbonyl (C=O) groups is 1. The number of nitrogens with one attached hydrogen (secondary N) is 1. The first-order chi connectivity index (χ1) is 6.50. The molecule has 0 aromatic heterocycles. The summed E-state index contributed by atoms with van der Waals surface area (Å²) in [5.74, 6) is -0.206. The molecule has 4 heteroatoms. The van der Waals surface area contributed by atoms with Gasteiger partial charge in [0.15, 0.2) is 0 Å². The van der Waals surface area contributed by atoms with Gasteiger partial charge >= 0.3 is 6.03 Å². The van der Waals surface area contributed by atoms with Gasteiger partial charge in [-0.1, -0.05) is 19.9 Å². The van der Waals surface area contributed by atoms with Crippen LogP contribution in [0.5, 0.6) is 0 Å². The predicted octanol–water partition coefficient (Wildman–Crippen LogP) is 2.44. The number of benzene rings is 1. The van der Waals surface area contributed by atoms with Gasteiger partial charge in [-0.3, -0.25) is 0 Å². The topological polar surface area (TPSA) is 55.1 Å². The van der Waals surface area contributed by atoms with E-state index in [0.29, 0.717) is 0 Å². The molecule has 1 aromatic carbocycles. The Morgan fingerprint density at radius 1 is 1.50 bits per heavy atom. The Morgan fingerprint density at radius 2 is 2.14 bits per heavy atom. The number of nitrogens with two attached hydrogens (primary N) is 1. The van der Waals surface area contributed by atoms with Crippen molar-refractivity contribution < 1.29 is 9.18 Å². The molecule has 1 aromatic rings. The molecule has 0 aliphatic rings. The van der Waals surface area contributed by atoms with Gasteiger partial charge in [0.2, 0.25) is 0 Å². The Hall–Kier alpha value is -1.58. The Balaban J connectivity index is 2.95. The third kappa shape index (κ3) is 2.45. The van der Waals surface area contributed by atoms with Gasteiger partial charge < -0.3 is 11.1 Å². The van der Waals surface area contributed by atoms with E-state index in [-0.39, 0.29) is 11.6 Å². The number of carbonyl (C=O) groups excluding carboxylic acids is 1. The van der Waals surface area contributed by atoms with Crippen LogP contribution < -0.4 is 11.1 Å². The molecular formula is C10H13FN2O. The number of urea groups is 1. The maximum absolute atomic E-state index is 13.3. The number of hydrogen-bond acceptors (Lipinski definition) is 1. The highest BCUT2D eigenvalue weighted by atomic mass is 19.1. The van der Waals surface area contributed by atoms with E-state index in [4.69, 9.17) is 5.73 Å². The summed E-state index contributed by atoms with van der Waals surface area (Å²) in [7, 11) is 0. The van der Waals surface area contributed by atoms with Gasteiger partial charge in [0.25, 0.3) is 0 Å². The molecule has 3 N–H and O–H groups in total. The summed E-state index contributed by atoms with van der Waals surface area (Å²) in [5, 5.41) is 2.20. The van der Waals surface area contributed by atoms with Crippen LogP contribution in [0.15, 0.2) is 18.2 Å². The SMILES string of the molecule is CC(C)c1ccc(NC(N)=O)c(F)c1. The second-order valence-electron chi connectivity index (χ2n) is 3.38. The van der Waals surface area contributed by atoms with Gasteiger partial charge in [-0.15, -0.1) is 0 Å². The van der Waals surface area contributed by atoms with Crippen LogP contribution in [0.2, 0.25) is 0 Å². The largest absolute Gasteiger partial charge is 0.351 e. The van der Waals surface area contributed by atoms with E-state index in [2.05, 4.69) is 5.32 Å². The molecule has 14 heavy (non-hydrogen) atoms. The fraction of sp³-hybridized carbons (Fsp3) is 0.300. The van der Waals surface area contributed by atoms with Crippen LogP contribution in [0.25, 0.3) is 0 Å². The van der Waals surface area contributed by atoms with E-state index in [1.807, 2.05) is 13.8 Å². The zero-order valence-electron chi connectivity index (χ0n) is 8.17. The van der Waals surface area contributed by atoms with Crippen LogP contribution >= 0.6 is 0 Å². The first kappa shape index (κ1) is 10.5. The number of halogens is 1. The minimum Gasteiger partial charge on any atom is -0.351 e. The Kier molecular flexibility index (Phi) is 3.06. The number of primary amides is 1. The number of rotatable bonds is 2. The molecule has 0 aliphatic heterocycles. The van der Waals surface area contributed by atoms with E-state index in [1.165, 1.54) is 12.1 Å². The number of anilines is 1. The van der Waals surface area contributed by atoms with Crippen LogP contribution in [-0.4, -0.2) is 6.03 Å². The molecule has 0 unspecified atom stereocenters. The normalized spacial score (nSPS) is 10.3. The lowest BCUT2D eigenvalue weighted by atomic mass is 10.0. The molecule has 0 saturated heterocycles. The van der Waals surface area contributed by atoms with Crippen molar-refractivity contribution in [1.82, 2.24) is 0 Å². The Bertz CT molecular complexity index is 350. The van der Waals surface area contributed by atoms with Gasteiger partial charge in [0.05, 0.1) is 5.69 Å². The highest BCUT2D eigenvalue weighted by molar-refractivity contribution is 5.87. The van der Waals surface area contributed by atoms with Crippen molar-refractivity contribution in [1.29, 1.82) is 0 Å². The molecule has 0 heterocycles. The summed E-state index contributed by atoms with van der Waals surface area (Å²) < 4.78 is 13.3. The molecule has 76 valence electrons. The predicted molar refractivity (Wildman–Crippen MR) is 53.7 cm³/mol. The summed E-state index contributed by atoms with van der Waals surface area (Å²) in [4.78, 5) is 10.5. The van der Waals surface area contributed by atoms with Gasteiger partial charge in [0.1, 0.15) is 5.82 Å². The van der Waals surface area contributed by atoms with Gasteiger partial charge in [-0.25, -0.2) is 9.18 Å². The quantitative estimate of drug-likeness (QED) is 0.749. The minimum atomic E-state index is -0.763. The van der Waals surface area contributed by atoms with Crippen LogP contribution in [0.4, 0.5) is 14.9 Å². The Labute approximate surface area is 82.1 Å². The van der Waals surface area contributed by atoms with Crippen LogP contribution in [0, 0.1) is 5.82 Å². The first-order valence-corrected chi connectivity index (χ1v) is 4.36. The zero-order chi connectivity index (χ0) is 10.7. The molecule has 3 nitrogen and oxygen atoms in total. The van der Waals surface area contributed by atoms with Gasteiger partial charge in [0, 0.05) is 0 Å². The van der Waals surface area contributed by atoms with E-state index >= 15 is 0 Å². The molecule has 0 aliphatic carbocycles. The highest BCUT2D eigenvalue weighted by Gasteiger charge is 2.06. The fourth-order valence-electron chi connectivity index (χ4n) is 1.12. The first-order valence-electron chi connectivity index (χ1n) is 4.36. The van der Waals surface area contributed by atoms with Crippen molar-refractivity contribution in [3.8, 4) is 0 Å². The second kappa shape index (κ2) is 4.09. The fourth-order valence-corrected chi connectivity index (χ4v) is 1.12. The molecular weight excluding hydrogens is 183 g/mol. The second-order valence-corrected chi connectivity index (χ2v) is 3.38. The smallest absolute Gasteiger partial charge is 0.316 e. The van der Waals surface area contributed by atoms with Crippen LogP contribution in [0.3, 0.4) is 0 Å². The number of amides is 2.